The summed E-state index contributed by atoms with van der Waals surface area (Å²) in [5.41, 5.74) is 8.46. The molecular weight excluding hydrogens is 268 g/mol. The molecule has 0 saturated carbocycles. The van der Waals surface area contributed by atoms with Gasteiger partial charge in [-0.3, -0.25) is 4.79 Å². The van der Waals surface area contributed by atoms with Crippen molar-refractivity contribution in [1.29, 1.82) is 0 Å². The van der Waals surface area contributed by atoms with Gasteiger partial charge < -0.3 is 20.7 Å². The number of anilines is 3. The van der Waals surface area contributed by atoms with Crippen LogP contribution >= 0.6 is 0 Å². The van der Waals surface area contributed by atoms with Crippen LogP contribution in [0.3, 0.4) is 0 Å². The Morgan fingerprint density at radius 2 is 2.05 bits per heavy atom. The van der Waals surface area contributed by atoms with E-state index in [-0.39, 0.29) is 5.91 Å². The molecule has 1 heterocycles. The average molecular weight is 286 g/mol. The number of pyridine rings is 1. The largest absolute Gasteiger partial charge is 0.481 e. The molecule has 3 N–H and O–H groups in total. The predicted molar refractivity (Wildman–Crippen MR) is 83.9 cm³/mol. The first-order chi connectivity index (χ1) is 10.0. The zero-order valence-corrected chi connectivity index (χ0v) is 12.3. The van der Waals surface area contributed by atoms with Crippen LogP contribution in [0, 0.1) is 0 Å². The third-order valence-corrected chi connectivity index (χ3v) is 2.97. The van der Waals surface area contributed by atoms with Crippen LogP contribution < -0.4 is 20.7 Å². The van der Waals surface area contributed by atoms with Gasteiger partial charge in [0.05, 0.1) is 30.4 Å². The van der Waals surface area contributed by atoms with Gasteiger partial charge in [-0.25, -0.2) is 4.98 Å². The molecule has 0 saturated heterocycles. The number of hydrogen-bond acceptors (Lipinski definition) is 5. The molecule has 0 atom stereocenters. The molecule has 6 nitrogen and oxygen atoms in total. The Balaban J connectivity index is 2.14. The highest BCUT2D eigenvalue weighted by atomic mass is 16.5. The zero-order chi connectivity index (χ0) is 15.4. The van der Waals surface area contributed by atoms with E-state index < -0.39 is 0 Å². The highest BCUT2D eigenvalue weighted by Crippen LogP contribution is 2.23. The molecule has 0 aliphatic heterocycles. The number of rotatable bonds is 4. The molecular formula is C15H18N4O2. The molecule has 0 aliphatic carbocycles. The Bertz CT molecular complexity index is 639. The van der Waals surface area contributed by atoms with E-state index in [0.29, 0.717) is 22.8 Å². The standard InChI is InChI=1S/C15H18N4O2/c1-19(2)13-6-4-10(8-12(13)16)15(20)18-11-5-7-14(21-3)17-9-11/h4-9H,16H2,1-3H3,(H,18,20). The number of benzene rings is 1. The molecule has 21 heavy (non-hydrogen) atoms. The van der Waals surface area contributed by atoms with Gasteiger partial charge in [-0.15, -0.1) is 0 Å². The third kappa shape index (κ3) is 3.42. The van der Waals surface area contributed by atoms with Gasteiger partial charge >= 0.3 is 0 Å². The molecule has 0 unspecified atom stereocenters. The number of ether oxygens (including phenoxy) is 1. The van der Waals surface area contributed by atoms with E-state index >= 15 is 0 Å². The molecule has 0 bridgehead atoms. The highest BCUT2D eigenvalue weighted by molar-refractivity contribution is 6.05. The number of hydrogen-bond donors (Lipinski definition) is 2. The summed E-state index contributed by atoms with van der Waals surface area (Å²) in [6, 6.07) is 8.61. The van der Waals surface area contributed by atoms with Gasteiger partial charge in [-0.1, -0.05) is 0 Å². The maximum absolute atomic E-state index is 12.2. The van der Waals surface area contributed by atoms with Gasteiger partial charge in [0.2, 0.25) is 5.88 Å². The topological polar surface area (TPSA) is 80.5 Å². The Morgan fingerprint density at radius 3 is 2.57 bits per heavy atom. The Kier molecular flexibility index (Phi) is 4.27. The average Bonchev–Trinajstić information content (AvgIpc) is 2.47. The van der Waals surface area contributed by atoms with E-state index in [0.717, 1.165) is 5.69 Å². The fraction of sp³-hybridized carbons (Fsp3) is 0.200. The summed E-state index contributed by atoms with van der Waals surface area (Å²) in [6.45, 7) is 0. The molecule has 110 valence electrons. The van der Waals surface area contributed by atoms with E-state index in [9.17, 15) is 4.79 Å². The number of nitrogens with zero attached hydrogens (tertiary/aromatic N) is 2. The molecule has 1 aromatic heterocycles. The van der Waals surface area contributed by atoms with E-state index in [2.05, 4.69) is 10.3 Å². The first-order valence-electron chi connectivity index (χ1n) is 6.39. The van der Waals surface area contributed by atoms with Gasteiger partial charge in [0, 0.05) is 25.7 Å². The molecule has 1 aromatic carbocycles. The van der Waals surface area contributed by atoms with Crippen molar-refractivity contribution in [2.24, 2.45) is 0 Å². The summed E-state index contributed by atoms with van der Waals surface area (Å²) >= 11 is 0. The van der Waals surface area contributed by atoms with Crippen molar-refractivity contribution >= 4 is 23.0 Å². The third-order valence-electron chi connectivity index (χ3n) is 2.97. The van der Waals surface area contributed by atoms with E-state index in [1.165, 1.54) is 13.3 Å². The Morgan fingerprint density at radius 1 is 1.29 bits per heavy atom. The minimum atomic E-state index is -0.237. The lowest BCUT2D eigenvalue weighted by atomic mass is 10.1. The van der Waals surface area contributed by atoms with Crippen molar-refractivity contribution < 1.29 is 9.53 Å². The number of nitrogens with two attached hydrogens (primary N) is 1. The summed E-state index contributed by atoms with van der Waals surface area (Å²) < 4.78 is 4.97. The lowest BCUT2D eigenvalue weighted by Crippen LogP contribution is -2.15. The maximum atomic E-state index is 12.2. The minimum absolute atomic E-state index is 0.237. The lowest BCUT2D eigenvalue weighted by Gasteiger charge is -2.15. The number of amides is 1. The van der Waals surface area contributed by atoms with E-state index in [4.69, 9.17) is 10.5 Å². The highest BCUT2D eigenvalue weighted by Gasteiger charge is 2.10. The first-order valence-corrected chi connectivity index (χ1v) is 6.39. The number of carbonyl (C=O) groups excluding carboxylic acids is 1. The molecule has 1 amide bonds. The molecule has 2 rings (SSSR count). The van der Waals surface area contributed by atoms with E-state index in [1.54, 1.807) is 24.3 Å². The van der Waals surface area contributed by atoms with Gasteiger partial charge in [0.15, 0.2) is 0 Å². The normalized spacial score (nSPS) is 10.0. The van der Waals surface area contributed by atoms with Crippen LogP contribution in [-0.4, -0.2) is 32.1 Å². The molecule has 2 aromatic rings. The second kappa shape index (κ2) is 6.13. The van der Waals surface area contributed by atoms with Crippen molar-refractivity contribution in [1.82, 2.24) is 4.98 Å². The number of aromatic nitrogens is 1. The van der Waals surface area contributed by atoms with Crippen LogP contribution in [0.2, 0.25) is 0 Å². The minimum Gasteiger partial charge on any atom is -0.481 e. The maximum Gasteiger partial charge on any atom is 0.255 e. The number of carbonyl (C=O) groups is 1. The predicted octanol–water partition coefficient (Wildman–Crippen LogP) is 1.99. The molecule has 0 radical (unpaired) electrons. The van der Waals surface area contributed by atoms with Crippen LogP contribution in [0.15, 0.2) is 36.5 Å². The van der Waals surface area contributed by atoms with E-state index in [1.807, 2.05) is 25.1 Å². The molecule has 6 heteroatoms. The van der Waals surface area contributed by atoms with Crippen LogP contribution in [0.4, 0.5) is 17.1 Å². The first kappa shape index (κ1) is 14.6. The van der Waals surface area contributed by atoms with Crippen molar-refractivity contribution in [3.05, 3.63) is 42.1 Å². The summed E-state index contributed by atoms with van der Waals surface area (Å²) in [5.74, 6) is 0.256. The van der Waals surface area contributed by atoms with Crippen molar-refractivity contribution in [3.63, 3.8) is 0 Å². The van der Waals surface area contributed by atoms with Gasteiger partial charge in [-0.2, -0.15) is 0 Å². The van der Waals surface area contributed by atoms with Crippen molar-refractivity contribution in [2.45, 2.75) is 0 Å². The van der Waals surface area contributed by atoms with Crippen LogP contribution in [-0.2, 0) is 0 Å². The van der Waals surface area contributed by atoms with Crippen LogP contribution in [0.5, 0.6) is 5.88 Å². The SMILES string of the molecule is COc1ccc(NC(=O)c2ccc(N(C)C)c(N)c2)cn1. The Hall–Kier alpha value is -2.76. The van der Waals surface area contributed by atoms with Crippen molar-refractivity contribution in [3.8, 4) is 5.88 Å². The smallest absolute Gasteiger partial charge is 0.255 e. The number of nitrogen functional groups attached to an aromatic ring is 1. The lowest BCUT2D eigenvalue weighted by molar-refractivity contribution is 0.102. The fourth-order valence-electron chi connectivity index (χ4n) is 1.88. The number of methoxy groups -OCH3 is 1. The molecule has 0 aliphatic rings. The summed E-state index contributed by atoms with van der Waals surface area (Å²) in [5, 5.41) is 2.76. The quantitative estimate of drug-likeness (QED) is 0.840. The summed E-state index contributed by atoms with van der Waals surface area (Å²) in [4.78, 5) is 18.1. The van der Waals surface area contributed by atoms with Crippen LogP contribution in [0.1, 0.15) is 10.4 Å². The molecule has 0 spiro atoms. The summed E-state index contributed by atoms with van der Waals surface area (Å²) in [7, 11) is 5.33. The van der Waals surface area contributed by atoms with Crippen LogP contribution in [0.25, 0.3) is 0 Å². The molecule has 0 fully saturated rings. The van der Waals surface area contributed by atoms with Gasteiger partial charge in [-0.05, 0) is 24.3 Å². The summed E-state index contributed by atoms with van der Waals surface area (Å²) in [6.07, 6.45) is 1.54. The van der Waals surface area contributed by atoms with Gasteiger partial charge in [0.1, 0.15) is 0 Å². The van der Waals surface area contributed by atoms with Crippen molar-refractivity contribution in [2.75, 3.05) is 37.2 Å². The Labute approximate surface area is 123 Å². The number of nitrogens with one attached hydrogen (secondary N) is 1. The van der Waals surface area contributed by atoms with Gasteiger partial charge in [0.25, 0.3) is 5.91 Å². The monoisotopic (exact) mass is 286 g/mol. The second-order valence-electron chi connectivity index (χ2n) is 4.71. The fourth-order valence-corrected chi connectivity index (χ4v) is 1.88. The zero-order valence-electron chi connectivity index (χ0n) is 12.3. The second-order valence-corrected chi connectivity index (χ2v) is 4.71.